The SMILES string of the molecule is COc1ccc(N=C2[C@@H](N3CCN(C)CC3)C3(CCCCC3)C(=O)N2c2ccc(Cl)cc2)cc1. The summed E-state index contributed by atoms with van der Waals surface area (Å²) in [5.41, 5.74) is 1.23. The fourth-order valence-corrected chi connectivity index (χ4v) is 5.94. The lowest BCUT2D eigenvalue weighted by atomic mass is 9.69. The monoisotopic (exact) mass is 480 g/mol. The van der Waals surface area contributed by atoms with Crippen LogP contribution in [0.1, 0.15) is 32.1 Å². The second kappa shape index (κ2) is 9.68. The van der Waals surface area contributed by atoms with Crippen LogP contribution in [0.4, 0.5) is 11.4 Å². The minimum Gasteiger partial charge on any atom is -0.497 e. The van der Waals surface area contributed by atoms with Gasteiger partial charge in [0, 0.05) is 31.2 Å². The van der Waals surface area contributed by atoms with E-state index in [2.05, 4.69) is 16.8 Å². The lowest BCUT2D eigenvalue weighted by Crippen LogP contribution is -2.57. The van der Waals surface area contributed by atoms with Crippen LogP contribution in [0.2, 0.25) is 5.02 Å². The lowest BCUT2D eigenvalue weighted by Gasteiger charge is -2.44. The molecular weight excluding hydrogens is 448 g/mol. The molecule has 1 aliphatic carbocycles. The number of nitrogens with zero attached hydrogens (tertiary/aromatic N) is 4. The molecule has 0 N–H and O–H groups in total. The van der Waals surface area contributed by atoms with Crippen LogP contribution in [0, 0.1) is 5.41 Å². The Bertz CT molecular complexity index is 1040. The first-order valence-electron chi connectivity index (χ1n) is 12.3. The molecule has 2 aliphatic heterocycles. The van der Waals surface area contributed by atoms with E-state index in [-0.39, 0.29) is 11.9 Å². The predicted octanol–water partition coefficient (Wildman–Crippen LogP) is 4.99. The van der Waals surface area contributed by atoms with E-state index in [4.69, 9.17) is 21.3 Å². The van der Waals surface area contributed by atoms with E-state index in [9.17, 15) is 4.79 Å². The maximum atomic E-state index is 14.3. The highest BCUT2D eigenvalue weighted by Gasteiger charge is 2.60. The third-order valence-corrected chi connectivity index (χ3v) is 7.93. The predicted molar refractivity (Wildman–Crippen MR) is 137 cm³/mol. The van der Waals surface area contributed by atoms with Gasteiger partial charge in [0.15, 0.2) is 0 Å². The number of carbonyl (C=O) groups excluding carboxylic acids is 1. The van der Waals surface area contributed by atoms with Crippen LogP contribution in [-0.2, 0) is 4.79 Å². The summed E-state index contributed by atoms with van der Waals surface area (Å²) < 4.78 is 5.34. The molecule has 180 valence electrons. The van der Waals surface area contributed by atoms with Crippen molar-refractivity contribution in [3.8, 4) is 5.75 Å². The molecule has 1 amide bonds. The lowest BCUT2D eigenvalue weighted by molar-refractivity contribution is -0.130. The van der Waals surface area contributed by atoms with Crippen molar-refractivity contribution in [2.24, 2.45) is 10.4 Å². The van der Waals surface area contributed by atoms with Crippen LogP contribution in [0.3, 0.4) is 0 Å². The van der Waals surface area contributed by atoms with Gasteiger partial charge >= 0.3 is 0 Å². The van der Waals surface area contributed by atoms with Crippen molar-refractivity contribution in [3.63, 3.8) is 0 Å². The summed E-state index contributed by atoms with van der Waals surface area (Å²) >= 11 is 6.20. The van der Waals surface area contributed by atoms with Crippen LogP contribution in [0.25, 0.3) is 0 Å². The van der Waals surface area contributed by atoms with E-state index in [1.54, 1.807) is 7.11 Å². The third-order valence-electron chi connectivity index (χ3n) is 7.68. The van der Waals surface area contributed by atoms with E-state index in [0.29, 0.717) is 5.02 Å². The Labute approximate surface area is 207 Å². The van der Waals surface area contributed by atoms with Gasteiger partial charge in [-0.2, -0.15) is 0 Å². The van der Waals surface area contributed by atoms with E-state index in [0.717, 1.165) is 74.8 Å². The van der Waals surface area contributed by atoms with Gasteiger partial charge in [0.05, 0.1) is 29.9 Å². The highest BCUT2D eigenvalue weighted by molar-refractivity contribution is 6.31. The molecule has 6 nitrogen and oxygen atoms in total. The Morgan fingerprint density at radius 3 is 2.21 bits per heavy atom. The Hall–Kier alpha value is -2.41. The number of piperazine rings is 1. The number of methoxy groups -OCH3 is 1. The van der Waals surface area contributed by atoms with Crippen molar-refractivity contribution >= 4 is 34.7 Å². The number of aliphatic imine (C=N–C) groups is 1. The van der Waals surface area contributed by atoms with Gasteiger partial charge in [-0.05, 0) is 68.4 Å². The van der Waals surface area contributed by atoms with E-state index in [1.807, 2.05) is 53.4 Å². The topological polar surface area (TPSA) is 48.4 Å². The molecule has 5 rings (SSSR count). The molecule has 2 aromatic rings. The quantitative estimate of drug-likeness (QED) is 0.618. The molecule has 0 aromatic heterocycles. The molecule has 0 radical (unpaired) electrons. The average molecular weight is 481 g/mol. The molecule has 1 saturated carbocycles. The Kier molecular flexibility index (Phi) is 6.65. The molecule has 1 atom stereocenters. The standard InChI is InChI=1S/C27H33ClN4O2/c1-30-16-18-31(19-17-30)24-25(29-21-8-12-23(34-2)13-9-21)32(22-10-6-20(28)7-11-22)26(33)27(24)14-4-3-5-15-27/h6-13,24H,3-5,14-19H2,1-2H3/t24-/m1/s1. The normalized spacial score (nSPS) is 24.8. The summed E-state index contributed by atoms with van der Waals surface area (Å²) in [7, 11) is 3.83. The largest absolute Gasteiger partial charge is 0.497 e. The number of rotatable bonds is 4. The Morgan fingerprint density at radius 2 is 1.59 bits per heavy atom. The molecule has 3 fully saturated rings. The third kappa shape index (κ3) is 4.23. The minimum atomic E-state index is -0.431. The number of halogens is 1. The first kappa shape index (κ1) is 23.3. The van der Waals surface area contributed by atoms with Crippen LogP contribution in [-0.4, -0.2) is 67.9 Å². The van der Waals surface area contributed by atoms with Crippen molar-refractivity contribution < 1.29 is 9.53 Å². The summed E-state index contributed by atoms with van der Waals surface area (Å²) in [5, 5.41) is 0.659. The zero-order valence-corrected chi connectivity index (χ0v) is 20.8. The van der Waals surface area contributed by atoms with E-state index in [1.165, 1.54) is 6.42 Å². The van der Waals surface area contributed by atoms with Gasteiger partial charge in [0.2, 0.25) is 5.91 Å². The summed E-state index contributed by atoms with van der Waals surface area (Å²) in [6, 6.07) is 15.3. The summed E-state index contributed by atoms with van der Waals surface area (Å²) in [6.07, 6.45) is 5.18. The summed E-state index contributed by atoms with van der Waals surface area (Å²) in [6.45, 7) is 3.87. The van der Waals surface area contributed by atoms with Crippen LogP contribution in [0.15, 0.2) is 53.5 Å². The Morgan fingerprint density at radius 1 is 0.941 bits per heavy atom. The number of amides is 1. The van der Waals surface area contributed by atoms with Crippen molar-refractivity contribution in [3.05, 3.63) is 53.6 Å². The highest BCUT2D eigenvalue weighted by atomic mass is 35.5. The number of benzene rings is 2. The minimum absolute atomic E-state index is 0.0354. The first-order valence-corrected chi connectivity index (χ1v) is 12.6. The second-order valence-electron chi connectivity index (χ2n) is 9.74. The molecule has 2 heterocycles. The molecule has 0 unspecified atom stereocenters. The fraction of sp³-hybridized carbons (Fsp3) is 0.481. The zero-order valence-electron chi connectivity index (χ0n) is 20.0. The van der Waals surface area contributed by atoms with Crippen molar-refractivity contribution in [1.29, 1.82) is 0 Å². The first-order chi connectivity index (χ1) is 16.5. The van der Waals surface area contributed by atoms with Crippen molar-refractivity contribution in [1.82, 2.24) is 9.80 Å². The van der Waals surface area contributed by atoms with Gasteiger partial charge in [-0.25, -0.2) is 4.99 Å². The molecule has 1 spiro atoms. The van der Waals surface area contributed by atoms with Crippen LogP contribution >= 0.6 is 11.6 Å². The van der Waals surface area contributed by atoms with Gasteiger partial charge in [0.25, 0.3) is 0 Å². The molecule has 2 aromatic carbocycles. The number of hydrogen-bond donors (Lipinski definition) is 0. The number of amidine groups is 1. The molecule has 2 saturated heterocycles. The summed E-state index contributed by atoms with van der Waals surface area (Å²) in [5.74, 6) is 1.81. The summed E-state index contributed by atoms with van der Waals surface area (Å²) in [4.78, 5) is 26.3. The molecule has 34 heavy (non-hydrogen) atoms. The van der Waals surface area contributed by atoms with Gasteiger partial charge < -0.3 is 9.64 Å². The van der Waals surface area contributed by atoms with Crippen molar-refractivity contribution in [2.75, 3.05) is 45.2 Å². The zero-order chi connectivity index (χ0) is 23.7. The Balaban J connectivity index is 1.65. The smallest absolute Gasteiger partial charge is 0.240 e. The molecule has 3 aliphatic rings. The van der Waals surface area contributed by atoms with Gasteiger partial charge in [-0.15, -0.1) is 0 Å². The average Bonchev–Trinajstić information content (AvgIpc) is 3.08. The number of likely N-dealkylation sites (N-methyl/N-ethyl adjacent to an activating group) is 1. The molecular formula is C27H33ClN4O2. The van der Waals surface area contributed by atoms with Crippen LogP contribution in [0.5, 0.6) is 5.75 Å². The number of ether oxygens (including phenoxy) is 1. The van der Waals surface area contributed by atoms with Crippen molar-refractivity contribution in [2.45, 2.75) is 38.1 Å². The second-order valence-corrected chi connectivity index (χ2v) is 10.2. The number of hydrogen-bond acceptors (Lipinski definition) is 5. The highest BCUT2D eigenvalue weighted by Crippen LogP contribution is 2.49. The van der Waals surface area contributed by atoms with E-state index < -0.39 is 5.41 Å². The van der Waals surface area contributed by atoms with Gasteiger partial charge in [-0.1, -0.05) is 30.9 Å². The van der Waals surface area contributed by atoms with Gasteiger partial charge in [-0.3, -0.25) is 14.6 Å². The number of carbonyl (C=O) groups is 1. The van der Waals surface area contributed by atoms with E-state index >= 15 is 0 Å². The van der Waals surface area contributed by atoms with Gasteiger partial charge in [0.1, 0.15) is 11.6 Å². The molecule has 0 bridgehead atoms. The molecule has 7 heteroatoms. The maximum absolute atomic E-state index is 14.3. The fourth-order valence-electron chi connectivity index (χ4n) is 5.82. The van der Waals surface area contributed by atoms with Crippen LogP contribution < -0.4 is 9.64 Å². The maximum Gasteiger partial charge on any atom is 0.240 e. The number of anilines is 1.